The van der Waals surface area contributed by atoms with Crippen molar-refractivity contribution in [3.8, 4) is 23.0 Å². The second kappa shape index (κ2) is 46.5. The lowest BCUT2D eigenvalue weighted by Gasteiger charge is -2.16. The summed E-state index contributed by atoms with van der Waals surface area (Å²) in [5.74, 6) is -5.73. The first-order valence-corrected chi connectivity index (χ1v) is 31.8. The number of carbonyl (C=O) groups is 7. The fraction of sp³-hybridized carbons (Fsp3) is 0.635. The van der Waals surface area contributed by atoms with Gasteiger partial charge in [-0.3, -0.25) is 38.5 Å². The smallest absolute Gasteiger partial charge is 0.306 e. The Labute approximate surface area is 549 Å². The van der Waals surface area contributed by atoms with Crippen molar-refractivity contribution in [2.24, 2.45) is 0 Å². The largest absolute Gasteiger partial charge is 0.493 e. The number of fused-ring (bicyclic) bond motifs is 2. The predicted octanol–water partition coefficient (Wildman–Crippen LogP) is 3.98. The van der Waals surface area contributed by atoms with Gasteiger partial charge in [0, 0.05) is 73.3 Å². The van der Waals surface area contributed by atoms with Gasteiger partial charge in [-0.15, -0.1) is 11.3 Å². The zero-order chi connectivity index (χ0) is 67.6. The molecular weight excluding hydrogens is 1270 g/mol. The number of hydrogen-bond acceptors (Lipinski definition) is 26. The molecule has 3 aromatic rings. The molecule has 0 radical (unpaired) electrons. The van der Waals surface area contributed by atoms with Crippen LogP contribution >= 0.6 is 11.3 Å². The van der Waals surface area contributed by atoms with Gasteiger partial charge in [0.1, 0.15) is 19.3 Å². The summed E-state index contributed by atoms with van der Waals surface area (Å²) in [5, 5.41) is 2.57. The van der Waals surface area contributed by atoms with Crippen molar-refractivity contribution in [2.45, 2.75) is 58.2 Å². The van der Waals surface area contributed by atoms with Crippen molar-refractivity contribution in [3.05, 3.63) is 58.0 Å². The number of esters is 2. The van der Waals surface area contributed by atoms with E-state index in [0.717, 1.165) is 28.4 Å². The van der Waals surface area contributed by atoms with E-state index in [1.54, 1.807) is 13.2 Å². The average Bonchev–Trinajstić information content (AvgIpc) is 1.61. The van der Waals surface area contributed by atoms with Gasteiger partial charge in [-0.05, 0) is 24.6 Å². The van der Waals surface area contributed by atoms with Crippen molar-refractivity contribution in [3.63, 3.8) is 0 Å². The minimum atomic E-state index is -0.790. The highest BCUT2D eigenvalue weighted by molar-refractivity contribution is 7.20. The summed E-state index contributed by atoms with van der Waals surface area (Å²) in [6, 6.07) is 4.46. The SMILES string of the molecule is COCCOCCOCCOCCOCCOCCOCCOCCOCCOCCOCCOCCOC(=O)CCC(=O)N1Cc2cc(OC)c(OCCCOc3c(OC)cc4sc(C(=O)CCC(=O)O[C@@H](C)CNC(=O)CN5C(=O)C=CC5=O)cc4c3F)c(F)c2C1. The molecule has 3 heterocycles. The number of benzene rings is 2. The highest BCUT2D eigenvalue weighted by Gasteiger charge is 2.31. The molecule has 0 saturated carbocycles. The maximum Gasteiger partial charge on any atom is 0.306 e. The van der Waals surface area contributed by atoms with E-state index in [2.05, 4.69) is 5.32 Å². The van der Waals surface area contributed by atoms with E-state index in [-0.39, 0.29) is 130 Å². The minimum Gasteiger partial charge on any atom is -0.493 e. The van der Waals surface area contributed by atoms with Gasteiger partial charge in [0.05, 0.1) is 204 Å². The number of ketones is 1. The maximum atomic E-state index is 16.0. The fourth-order valence-electron chi connectivity index (χ4n) is 8.66. The van der Waals surface area contributed by atoms with Crippen LogP contribution < -0.4 is 24.3 Å². The zero-order valence-electron chi connectivity index (χ0n) is 54.0. The highest BCUT2D eigenvalue weighted by atomic mass is 32.1. The Balaban J connectivity index is 0.825. The number of Topliss-reactive ketones (excluding diaryl/α,β-unsaturated/α-hetero) is 1. The molecule has 1 aromatic heterocycles. The molecular formula is C63H89F2N3O25S. The van der Waals surface area contributed by atoms with E-state index in [4.69, 9.17) is 85.3 Å². The van der Waals surface area contributed by atoms with Crippen molar-refractivity contribution in [1.29, 1.82) is 0 Å². The number of carbonyl (C=O) groups excluding carboxylic acids is 7. The summed E-state index contributed by atoms with van der Waals surface area (Å²) in [7, 11) is 4.31. The number of thiophene rings is 1. The van der Waals surface area contributed by atoms with Crippen LogP contribution in [0.3, 0.4) is 0 Å². The second-order valence-corrected chi connectivity index (χ2v) is 21.6. The number of rotatable bonds is 56. The molecule has 5 rings (SSSR count). The molecule has 2 aromatic carbocycles. The number of imide groups is 1. The van der Waals surface area contributed by atoms with Crippen LogP contribution in [0.2, 0.25) is 0 Å². The van der Waals surface area contributed by atoms with Gasteiger partial charge < -0.3 is 95.5 Å². The quantitative estimate of drug-likeness (QED) is 0.0362. The standard InChI is InChI=1S/C63H89F2N3O25S/c1-45(41-66-54(70)44-68-56(72)7-8-57(68)73)93-59(75)10-6-49(69)53-39-47-52(94-53)40-51(78-4)63(60(47)64)92-13-5-12-91-62-50(77-3)38-46-42-67(43-48(46)61(62)65)55(71)9-11-58(74)90-37-36-89-35-34-88-33-32-87-31-30-86-29-28-85-27-26-84-25-24-83-23-22-82-21-20-81-19-18-80-17-16-79-15-14-76-2/h7-8,38-40,45H,5-6,9-37,41-44H2,1-4H3,(H,66,70)/t45-/m0/s1. The molecule has 28 nitrogen and oxygen atoms in total. The molecule has 31 heteroatoms. The molecule has 2 aliphatic rings. The Hall–Kier alpha value is -6.59. The number of amides is 4. The number of nitrogens with one attached hydrogen (secondary N) is 1. The van der Waals surface area contributed by atoms with Crippen LogP contribution in [-0.2, 0) is 108 Å². The van der Waals surface area contributed by atoms with Crippen molar-refractivity contribution in [2.75, 3.05) is 206 Å². The molecule has 0 saturated heterocycles. The van der Waals surface area contributed by atoms with Gasteiger partial charge in [-0.1, -0.05) is 0 Å². The lowest BCUT2D eigenvalue weighted by atomic mass is 10.1. The molecule has 94 heavy (non-hydrogen) atoms. The Morgan fingerprint density at radius 2 is 0.979 bits per heavy atom. The Kier molecular flexibility index (Phi) is 38.7. The third-order valence-electron chi connectivity index (χ3n) is 13.5. The van der Waals surface area contributed by atoms with E-state index in [1.807, 2.05) is 0 Å². The summed E-state index contributed by atoms with van der Waals surface area (Å²) in [5.41, 5.74) is 0.750. The molecule has 0 spiro atoms. The number of ether oxygens (including phenoxy) is 18. The molecule has 4 amide bonds. The summed E-state index contributed by atoms with van der Waals surface area (Å²) < 4.78 is 130. The first kappa shape index (κ1) is 78.1. The Morgan fingerprint density at radius 3 is 1.46 bits per heavy atom. The van der Waals surface area contributed by atoms with Crippen LogP contribution in [0.4, 0.5) is 8.78 Å². The molecule has 1 atom stereocenters. The second-order valence-electron chi connectivity index (χ2n) is 20.5. The van der Waals surface area contributed by atoms with Gasteiger partial charge >= 0.3 is 11.9 Å². The van der Waals surface area contributed by atoms with Gasteiger partial charge in [0.15, 0.2) is 40.4 Å². The third kappa shape index (κ3) is 29.6. The Morgan fingerprint density at radius 1 is 0.532 bits per heavy atom. The third-order valence-corrected chi connectivity index (χ3v) is 14.6. The van der Waals surface area contributed by atoms with Crippen LogP contribution in [0.1, 0.15) is 59.8 Å². The van der Waals surface area contributed by atoms with E-state index < -0.39 is 59.7 Å². The zero-order valence-corrected chi connectivity index (χ0v) is 54.8. The Bertz CT molecular complexity index is 2810. The molecule has 0 fully saturated rings. The summed E-state index contributed by atoms with van der Waals surface area (Å²) in [6.07, 6.45) is 0.582. The highest BCUT2D eigenvalue weighted by Crippen LogP contribution is 2.41. The van der Waals surface area contributed by atoms with Gasteiger partial charge in [0.2, 0.25) is 11.8 Å². The van der Waals surface area contributed by atoms with E-state index >= 15 is 8.78 Å². The van der Waals surface area contributed by atoms with Crippen molar-refractivity contribution >= 4 is 62.8 Å². The lowest BCUT2D eigenvalue weighted by molar-refractivity contribution is -0.148. The summed E-state index contributed by atoms with van der Waals surface area (Å²) in [4.78, 5) is 89.1. The first-order chi connectivity index (χ1) is 45.7. The van der Waals surface area contributed by atoms with Crippen LogP contribution in [0.5, 0.6) is 23.0 Å². The number of halogens is 2. The number of hydrogen-bond donors (Lipinski definition) is 1. The summed E-state index contributed by atoms with van der Waals surface area (Å²) in [6.45, 7) is 10.8. The molecule has 526 valence electrons. The maximum absolute atomic E-state index is 16.0. The predicted molar refractivity (Wildman–Crippen MR) is 330 cm³/mol. The molecule has 0 aliphatic carbocycles. The topological polar surface area (TPSA) is 304 Å². The normalized spacial score (nSPS) is 13.0. The lowest BCUT2D eigenvalue weighted by Crippen LogP contribution is -2.42. The van der Waals surface area contributed by atoms with Crippen LogP contribution in [0.25, 0.3) is 10.1 Å². The minimum absolute atomic E-state index is 0.0151. The van der Waals surface area contributed by atoms with Gasteiger partial charge in [-0.2, -0.15) is 0 Å². The van der Waals surface area contributed by atoms with Crippen LogP contribution in [0, 0.1) is 11.6 Å². The van der Waals surface area contributed by atoms with Crippen molar-refractivity contribution in [1.82, 2.24) is 15.1 Å². The van der Waals surface area contributed by atoms with Crippen LogP contribution in [-0.4, -0.2) is 263 Å². The molecule has 0 unspecified atom stereocenters. The molecule has 1 N–H and O–H groups in total. The number of nitrogens with zero attached hydrogens (tertiary/aromatic N) is 2. The molecule has 0 bridgehead atoms. The van der Waals surface area contributed by atoms with E-state index in [1.165, 1.54) is 38.2 Å². The fourth-order valence-corrected chi connectivity index (χ4v) is 9.71. The van der Waals surface area contributed by atoms with Crippen LogP contribution in [0.15, 0.2) is 30.4 Å². The average molecular weight is 1360 g/mol. The van der Waals surface area contributed by atoms with E-state index in [0.29, 0.717) is 149 Å². The monoisotopic (exact) mass is 1360 g/mol. The van der Waals surface area contributed by atoms with Crippen molar-refractivity contribution < 1.29 is 128 Å². The summed E-state index contributed by atoms with van der Waals surface area (Å²) >= 11 is 0.999. The van der Waals surface area contributed by atoms with Gasteiger partial charge in [0.25, 0.3) is 11.8 Å². The van der Waals surface area contributed by atoms with E-state index in [9.17, 15) is 33.6 Å². The van der Waals surface area contributed by atoms with Gasteiger partial charge in [-0.25, -0.2) is 8.78 Å². The number of methoxy groups -OCH3 is 3. The molecule has 2 aliphatic heterocycles. The first-order valence-electron chi connectivity index (χ1n) is 31.0.